The van der Waals surface area contributed by atoms with Crippen LogP contribution in [0.25, 0.3) is 0 Å². The van der Waals surface area contributed by atoms with Gasteiger partial charge in [-0.3, -0.25) is 9.59 Å². The Kier molecular flexibility index (Phi) is 9.65. The Labute approximate surface area is 181 Å². The molecule has 1 heterocycles. The Bertz CT molecular complexity index is 812. The van der Waals surface area contributed by atoms with Crippen molar-refractivity contribution in [3.8, 4) is 0 Å². The first-order chi connectivity index (χ1) is 14.5. The zero-order valence-electron chi connectivity index (χ0n) is 19.1. The predicted octanol–water partition coefficient (Wildman–Crippen LogP) is 4.62. The molecule has 0 saturated carbocycles. The van der Waals surface area contributed by atoms with Crippen molar-refractivity contribution in [3.63, 3.8) is 0 Å². The standard InChI is InChI=1S/C25H37N3O2/c1-5-8-15-28(25(30)20-27(14-6-2)24(29)7-3)19-23-13-10-16-26(23)18-22-12-9-11-21(4)17-22/h9-13,16-17H,5-8,14-15,18-20H2,1-4H3. The Morgan fingerprint density at radius 2 is 1.73 bits per heavy atom. The molecule has 0 spiro atoms. The third-order valence-electron chi connectivity index (χ3n) is 5.32. The minimum absolute atomic E-state index is 0.0296. The molecule has 0 bridgehead atoms. The quantitative estimate of drug-likeness (QED) is 0.511. The second kappa shape index (κ2) is 12.2. The van der Waals surface area contributed by atoms with E-state index in [1.165, 1.54) is 11.1 Å². The van der Waals surface area contributed by atoms with Crippen molar-refractivity contribution in [2.45, 2.75) is 66.5 Å². The van der Waals surface area contributed by atoms with Crippen LogP contribution in [-0.4, -0.2) is 45.8 Å². The summed E-state index contributed by atoms with van der Waals surface area (Å²) in [5.41, 5.74) is 3.61. The number of hydrogen-bond donors (Lipinski definition) is 0. The highest BCUT2D eigenvalue weighted by molar-refractivity contribution is 5.84. The molecular formula is C25H37N3O2. The van der Waals surface area contributed by atoms with Crippen molar-refractivity contribution < 1.29 is 9.59 Å². The highest BCUT2D eigenvalue weighted by atomic mass is 16.2. The third kappa shape index (κ3) is 7.05. The number of benzene rings is 1. The largest absolute Gasteiger partial charge is 0.345 e. The minimum Gasteiger partial charge on any atom is -0.345 e. The smallest absolute Gasteiger partial charge is 0.242 e. The minimum atomic E-state index is 0.0296. The molecular weight excluding hydrogens is 374 g/mol. The van der Waals surface area contributed by atoms with Gasteiger partial charge in [-0.25, -0.2) is 0 Å². The van der Waals surface area contributed by atoms with Crippen LogP contribution in [0, 0.1) is 6.92 Å². The van der Waals surface area contributed by atoms with Crippen LogP contribution in [0.3, 0.4) is 0 Å². The molecule has 0 aliphatic carbocycles. The summed E-state index contributed by atoms with van der Waals surface area (Å²) in [5.74, 6) is 0.0745. The molecule has 1 aromatic heterocycles. The van der Waals surface area contributed by atoms with E-state index in [1.54, 1.807) is 4.90 Å². The number of carbonyl (C=O) groups is 2. The SMILES string of the molecule is CCCCN(Cc1cccn1Cc1cccc(C)c1)C(=O)CN(CCC)C(=O)CC. The first-order valence-corrected chi connectivity index (χ1v) is 11.2. The van der Waals surface area contributed by atoms with Crippen LogP contribution in [0.1, 0.15) is 63.3 Å². The molecule has 0 aliphatic heterocycles. The van der Waals surface area contributed by atoms with Gasteiger partial charge in [-0.15, -0.1) is 0 Å². The van der Waals surface area contributed by atoms with Crippen molar-refractivity contribution in [2.24, 2.45) is 0 Å². The van der Waals surface area contributed by atoms with Gasteiger partial charge in [0, 0.05) is 37.9 Å². The topological polar surface area (TPSA) is 45.6 Å². The van der Waals surface area contributed by atoms with Gasteiger partial charge in [0.25, 0.3) is 0 Å². The molecule has 30 heavy (non-hydrogen) atoms. The van der Waals surface area contributed by atoms with Gasteiger partial charge in [0.05, 0.1) is 13.1 Å². The number of rotatable bonds is 12. The van der Waals surface area contributed by atoms with E-state index < -0.39 is 0 Å². The Morgan fingerprint density at radius 1 is 0.933 bits per heavy atom. The van der Waals surface area contributed by atoms with Gasteiger partial charge in [-0.1, -0.05) is 57.0 Å². The summed E-state index contributed by atoms with van der Waals surface area (Å²) in [6.45, 7) is 11.0. The molecule has 0 aliphatic rings. The van der Waals surface area contributed by atoms with E-state index in [-0.39, 0.29) is 18.4 Å². The maximum atomic E-state index is 13.1. The average Bonchev–Trinajstić information content (AvgIpc) is 3.16. The maximum Gasteiger partial charge on any atom is 0.242 e. The number of aryl methyl sites for hydroxylation is 1. The van der Waals surface area contributed by atoms with Crippen LogP contribution in [-0.2, 0) is 22.7 Å². The molecule has 2 aromatic rings. The van der Waals surface area contributed by atoms with Crippen molar-refractivity contribution in [1.82, 2.24) is 14.4 Å². The third-order valence-corrected chi connectivity index (χ3v) is 5.32. The number of aromatic nitrogens is 1. The Balaban J connectivity index is 2.13. The number of nitrogens with zero attached hydrogens (tertiary/aromatic N) is 3. The monoisotopic (exact) mass is 411 g/mol. The first-order valence-electron chi connectivity index (χ1n) is 11.2. The van der Waals surface area contributed by atoms with Gasteiger partial charge in [0.2, 0.25) is 11.8 Å². The van der Waals surface area contributed by atoms with Gasteiger partial charge in [-0.05, 0) is 37.5 Å². The van der Waals surface area contributed by atoms with Crippen LogP contribution in [0.2, 0.25) is 0 Å². The summed E-state index contributed by atoms with van der Waals surface area (Å²) >= 11 is 0. The van der Waals surface area contributed by atoms with Crippen LogP contribution in [0.5, 0.6) is 0 Å². The summed E-state index contributed by atoms with van der Waals surface area (Å²) in [5, 5.41) is 0. The van der Waals surface area contributed by atoms with E-state index >= 15 is 0 Å². The lowest BCUT2D eigenvalue weighted by atomic mass is 10.1. The molecule has 0 unspecified atom stereocenters. The Hall–Kier alpha value is -2.56. The normalized spacial score (nSPS) is 10.8. The maximum absolute atomic E-state index is 13.1. The van der Waals surface area contributed by atoms with E-state index in [0.717, 1.165) is 31.5 Å². The summed E-state index contributed by atoms with van der Waals surface area (Å²) in [7, 11) is 0. The fraction of sp³-hybridized carbons (Fsp3) is 0.520. The zero-order valence-corrected chi connectivity index (χ0v) is 19.1. The van der Waals surface area contributed by atoms with Crippen molar-refractivity contribution in [1.29, 1.82) is 0 Å². The fourth-order valence-electron chi connectivity index (χ4n) is 3.64. The Morgan fingerprint density at radius 3 is 2.40 bits per heavy atom. The van der Waals surface area contributed by atoms with Gasteiger partial charge in [0.15, 0.2) is 0 Å². The lowest BCUT2D eigenvalue weighted by Crippen LogP contribution is -2.43. The van der Waals surface area contributed by atoms with Gasteiger partial charge in [-0.2, -0.15) is 0 Å². The molecule has 0 saturated heterocycles. The lowest BCUT2D eigenvalue weighted by Gasteiger charge is -2.28. The molecule has 2 amide bonds. The molecule has 5 heteroatoms. The first kappa shape index (κ1) is 23.7. The van der Waals surface area contributed by atoms with Gasteiger partial charge < -0.3 is 14.4 Å². The van der Waals surface area contributed by atoms with Crippen molar-refractivity contribution >= 4 is 11.8 Å². The second-order valence-corrected chi connectivity index (χ2v) is 7.95. The molecule has 1 aromatic carbocycles. The summed E-state index contributed by atoms with van der Waals surface area (Å²) in [6, 6.07) is 12.6. The molecule has 2 rings (SSSR count). The predicted molar refractivity (Wildman–Crippen MR) is 122 cm³/mol. The van der Waals surface area contributed by atoms with Crippen molar-refractivity contribution in [2.75, 3.05) is 19.6 Å². The summed E-state index contributed by atoms with van der Waals surface area (Å²) in [6.07, 6.45) is 5.35. The van der Waals surface area contributed by atoms with Gasteiger partial charge >= 0.3 is 0 Å². The molecule has 0 atom stereocenters. The fourth-order valence-corrected chi connectivity index (χ4v) is 3.64. The summed E-state index contributed by atoms with van der Waals surface area (Å²) in [4.78, 5) is 29.0. The van der Waals surface area contributed by atoms with E-state index in [4.69, 9.17) is 0 Å². The van der Waals surface area contributed by atoms with Crippen LogP contribution < -0.4 is 0 Å². The number of amides is 2. The molecule has 164 valence electrons. The highest BCUT2D eigenvalue weighted by Crippen LogP contribution is 2.13. The number of carbonyl (C=O) groups excluding carboxylic acids is 2. The van der Waals surface area contributed by atoms with Crippen LogP contribution >= 0.6 is 0 Å². The van der Waals surface area contributed by atoms with E-state index in [1.807, 2.05) is 24.8 Å². The van der Waals surface area contributed by atoms with E-state index in [0.29, 0.717) is 26.1 Å². The number of unbranched alkanes of at least 4 members (excludes halogenated alkanes) is 1. The molecule has 0 radical (unpaired) electrons. The van der Waals surface area contributed by atoms with Crippen LogP contribution in [0.4, 0.5) is 0 Å². The molecule has 0 fully saturated rings. The van der Waals surface area contributed by atoms with Gasteiger partial charge in [0.1, 0.15) is 0 Å². The van der Waals surface area contributed by atoms with Crippen LogP contribution in [0.15, 0.2) is 42.6 Å². The second-order valence-electron chi connectivity index (χ2n) is 7.95. The van der Waals surface area contributed by atoms with E-state index in [9.17, 15) is 9.59 Å². The molecule has 0 N–H and O–H groups in total. The highest BCUT2D eigenvalue weighted by Gasteiger charge is 2.20. The number of hydrogen-bond acceptors (Lipinski definition) is 2. The summed E-state index contributed by atoms with van der Waals surface area (Å²) < 4.78 is 2.21. The van der Waals surface area contributed by atoms with Crippen molar-refractivity contribution in [3.05, 3.63) is 59.4 Å². The average molecular weight is 412 g/mol. The lowest BCUT2D eigenvalue weighted by molar-refractivity contribution is -0.140. The molecule has 5 nitrogen and oxygen atoms in total. The zero-order chi connectivity index (χ0) is 21.9. The van der Waals surface area contributed by atoms with E-state index in [2.05, 4.69) is 54.9 Å².